The molecule has 0 spiro atoms. The summed E-state index contributed by atoms with van der Waals surface area (Å²) >= 11 is 7.13. The topological polar surface area (TPSA) is 51.6 Å². The minimum absolute atomic E-state index is 0.102. The summed E-state index contributed by atoms with van der Waals surface area (Å²) in [5.74, 6) is 1.33. The van der Waals surface area contributed by atoms with E-state index in [1.807, 2.05) is 12.1 Å². The summed E-state index contributed by atoms with van der Waals surface area (Å²) < 4.78 is 10.8. The maximum absolute atomic E-state index is 9.30. The van der Waals surface area contributed by atoms with Gasteiger partial charge in [-0.15, -0.1) is 11.3 Å². The predicted molar refractivity (Wildman–Crippen MR) is 71.6 cm³/mol. The van der Waals surface area contributed by atoms with Crippen LogP contribution >= 0.6 is 22.9 Å². The smallest absolute Gasteiger partial charge is 0.184 e. The second-order valence-corrected chi connectivity index (χ2v) is 5.13. The molecule has 0 unspecified atom stereocenters. The molecule has 0 saturated heterocycles. The summed E-state index contributed by atoms with van der Waals surface area (Å²) in [4.78, 5) is 4.93. The number of nitrogens with zero attached hydrogens (tertiary/aromatic N) is 1. The maximum atomic E-state index is 9.30. The molecule has 1 heterocycles. The number of aliphatic hydroxyl groups excluding tert-OH is 1. The van der Waals surface area contributed by atoms with E-state index < -0.39 is 0 Å². The van der Waals surface area contributed by atoms with E-state index in [1.165, 1.54) is 11.3 Å². The van der Waals surface area contributed by atoms with E-state index in [9.17, 15) is 5.11 Å². The fourth-order valence-corrected chi connectivity index (χ4v) is 2.66. The number of hydrogen-bond donors (Lipinski definition) is 1. The Bertz CT molecular complexity index is 556. The van der Waals surface area contributed by atoms with Gasteiger partial charge in [0.2, 0.25) is 0 Å². The van der Waals surface area contributed by atoms with Crippen molar-refractivity contribution >= 4 is 22.9 Å². The fraction of sp³-hybridized carbons (Fsp3) is 0.250. The number of benzene rings is 1. The second kappa shape index (κ2) is 5.56. The number of hydrogen-bond acceptors (Lipinski definition) is 5. The van der Waals surface area contributed by atoms with Crippen LogP contribution in [0, 0.1) is 0 Å². The first-order valence-electron chi connectivity index (χ1n) is 5.18. The third kappa shape index (κ3) is 2.43. The lowest BCUT2D eigenvalue weighted by Crippen LogP contribution is -1.92. The number of halogens is 1. The molecule has 0 amide bonds. The van der Waals surface area contributed by atoms with Crippen molar-refractivity contribution in [2.45, 2.75) is 6.61 Å². The molecule has 0 bridgehead atoms. The van der Waals surface area contributed by atoms with Gasteiger partial charge >= 0.3 is 0 Å². The summed E-state index contributed by atoms with van der Waals surface area (Å²) in [6.07, 6.45) is 0. The molecule has 1 N–H and O–H groups in total. The van der Waals surface area contributed by atoms with Crippen molar-refractivity contribution in [3.8, 4) is 22.8 Å². The summed E-state index contributed by atoms with van der Waals surface area (Å²) in [6, 6.07) is 5.41. The number of thiazole rings is 1. The Morgan fingerprint density at radius 2 is 2.11 bits per heavy atom. The van der Waals surface area contributed by atoms with Crippen LogP contribution in [0.4, 0.5) is 0 Å². The van der Waals surface area contributed by atoms with Crippen LogP contribution in [0.5, 0.6) is 11.5 Å². The molecule has 2 aromatic rings. The minimum Gasteiger partial charge on any atom is -0.497 e. The molecule has 96 valence electrons. The summed E-state index contributed by atoms with van der Waals surface area (Å²) in [5, 5.41) is 9.30. The van der Waals surface area contributed by atoms with Gasteiger partial charge in [-0.25, -0.2) is 4.98 Å². The molecule has 0 fully saturated rings. The Hall–Kier alpha value is -1.30. The highest BCUT2D eigenvalue weighted by Gasteiger charge is 2.16. The molecule has 0 saturated carbocycles. The molecular weight excluding hydrogens is 274 g/mol. The van der Waals surface area contributed by atoms with Crippen LogP contribution in [-0.2, 0) is 6.61 Å². The standard InChI is InChI=1S/C12H12ClNO3S/c1-16-7-3-4-8(9(5-7)17-2)11-10(6-15)18-12(13)14-11/h3-5,15H,6H2,1-2H3. The normalized spacial score (nSPS) is 10.4. The Morgan fingerprint density at radius 3 is 2.72 bits per heavy atom. The third-order valence-electron chi connectivity index (χ3n) is 2.48. The average Bonchev–Trinajstić information content (AvgIpc) is 2.78. The van der Waals surface area contributed by atoms with Crippen LogP contribution < -0.4 is 9.47 Å². The van der Waals surface area contributed by atoms with Crippen LogP contribution in [0.25, 0.3) is 11.3 Å². The van der Waals surface area contributed by atoms with E-state index in [2.05, 4.69) is 4.98 Å². The zero-order valence-corrected chi connectivity index (χ0v) is 11.5. The Balaban J connectivity index is 2.55. The zero-order chi connectivity index (χ0) is 13.1. The van der Waals surface area contributed by atoms with Gasteiger partial charge in [0.05, 0.1) is 31.4 Å². The van der Waals surface area contributed by atoms with Crippen molar-refractivity contribution < 1.29 is 14.6 Å². The number of methoxy groups -OCH3 is 2. The molecule has 2 rings (SSSR count). The van der Waals surface area contributed by atoms with Crippen molar-refractivity contribution in [1.29, 1.82) is 0 Å². The molecule has 18 heavy (non-hydrogen) atoms. The molecule has 0 aliphatic heterocycles. The zero-order valence-electron chi connectivity index (χ0n) is 9.94. The van der Waals surface area contributed by atoms with Gasteiger partial charge in [-0.2, -0.15) is 0 Å². The van der Waals surface area contributed by atoms with Crippen molar-refractivity contribution in [1.82, 2.24) is 4.98 Å². The first kappa shape index (κ1) is 13.1. The monoisotopic (exact) mass is 285 g/mol. The lowest BCUT2D eigenvalue weighted by molar-refractivity contribution is 0.286. The van der Waals surface area contributed by atoms with E-state index in [1.54, 1.807) is 20.3 Å². The highest BCUT2D eigenvalue weighted by molar-refractivity contribution is 7.16. The van der Waals surface area contributed by atoms with Crippen LogP contribution in [0.1, 0.15) is 4.88 Å². The average molecular weight is 286 g/mol. The van der Waals surface area contributed by atoms with Gasteiger partial charge in [0, 0.05) is 11.6 Å². The third-order valence-corrected chi connectivity index (χ3v) is 3.62. The first-order valence-corrected chi connectivity index (χ1v) is 6.37. The molecule has 0 aliphatic carbocycles. The summed E-state index contributed by atoms with van der Waals surface area (Å²) in [7, 11) is 3.16. The molecule has 0 atom stereocenters. The molecule has 1 aromatic carbocycles. The molecule has 0 radical (unpaired) electrons. The van der Waals surface area contributed by atoms with Gasteiger partial charge in [-0.1, -0.05) is 11.6 Å². The van der Waals surface area contributed by atoms with E-state index >= 15 is 0 Å². The van der Waals surface area contributed by atoms with Gasteiger partial charge < -0.3 is 14.6 Å². The number of ether oxygens (including phenoxy) is 2. The quantitative estimate of drug-likeness (QED) is 0.938. The number of aromatic nitrogens is 1. The van der Waals surface area contributed by atoms with Crippen molar-refractivity contribution in [3.63, 3.8) is 0 Å². The summed E-state index contributed by atoms with van der Waals surface area (Å²) in [5.41, 5.74) is 1.43. The van der Waals surface area contributed by atoms with Crippen molar-refractivity contribution in [3.05, 3.63) is 27.5 Å². The van der Waals surface area contributed by atoms with Gasteiger partial charge in [0.1, 0.15) is 11.5 Å². The number of aliphatic hydroxyl groups is 1. The van der Waals surface area contributed by atoms with Crippen LogP contribution in [0.3, 0.4) is 0 Å². The van der Waals surface area contributed by atoms with Gasteiger partial charge in [0.25, 0.3) is 0 Å². The van der Waals surface area contributed by atoms with Gasteiger partial charge in [-0.05, 0) is 12.1 Å². The summed E-state index contributed by atoms with van der Waals surface area (Å²) in [6.45, 7) is -0.102. The lowest BCUT2D eigenvalue weighted by Gasteiger charge is -2.09. The van der Waals surface area contributed by atoms with Crippen LogP contribution in [0.15, 0.2) is 18.2 Å². The van der Waals surface area contributed by atoms with Gasteiger partial charge in [0.15, 0.2) is 4.47 Å². The van der Waals surface area contributed by atoms with E-state index in [0.717, 1.165) is 5.56 Å². The fourth-order valence-electron chi connectivity index (χ4n) is 1.63. The largest absolute Gasteiger partial charge is 0.497 e. The SMILES string of the molecule is COc1ccc(-c2nc(Cl)sc2CO)c(OC)c1. The lowest BCUT2D eigenvalue weighted by atomic mass is 10.1. The number of rotatable bonds is 4. The Labute approximate surface area is 114 Å². The predicted octanol–water partition coefficient (Wildman–Crippen LogP) is 2.97. The first-order chi connectivity index (χ1) is 8.69. The highest BCUT2D eigenvalue weighted by atomic mass is 35.5. The minimum atomic E-state index is -0.102. The molecular formula is C12H12ClNO3S. The second-order valence-electron chi connectivity index (χ2n) is 3.46. The molecule has 1 aromatic heterocycles. The van der Waals surface area contributed by atoms with E-state index in [0.29, 0.717) is 26.5 Å². The Kier molecular flexibility index (Phi) is 4.06. The van der Waals surface area contributed by atoms with Crippen molar-refractivity contribution in [2.24, 2.45) is 0 Å². The van der Waals surface area contributed by atoms with Crippen LogP contribution in [-0.4, -0.2) is 24.3 Å². The van der Waals surface area contributed by atoms with E-state index in [-0.39, 0.29) is 6.61 Å². The maximum Gasteiger partial charge on any atom is 0.184 e. The highest BCUT2D eigenvalue weighted by Crippen LogP contribution is 2.37. The van der Waals surface area contributed by atoms with Crippen LogP contribution in [0.2, 0.25) is 4.47 Å². The molecule has 6 heteroatoms. The van der Waals surface area contributed by atoms with Gasteiger partial charge in [-0.3, -0.25) is 0 Å². The van der Waals surface area contributed by atoms with Crippen molar-refractivity contribution in [2.75, 3.05) is 14.2 Å². The van der Waals surface area contributed by atoms with E-state index in [4.69, 9.17) is 21.1 Å². The molecule has 0 aliphatic rings. The molecule has 4 nitrogen and oxygen atoms in total. The Morgan fingerprint density at radius 1 is 1.33 bits per heavy atom.